The molecule has 0 unspecified atom stereocenters. The van der Waals surface area contributed by atoms with Crippen LogP contribution < -0.4 is 10.1 Å². The van der Waals surface area contributed by atoms with Gasteiger partial charge in [0.1, 0.15) is 11.5 Å². The Morgan fingerprint density at radius 1 is 1.04 bits per heavy atom. The van der Waals surface area contributed by atoms with E-state index in [1.54, 1.807) is 37.1 Å². The van der Waals surface area contributed by atoms with E-state index < -0.39 is 0 Å². The summed E-state index contributed by atoms with van der Waals surface area (Å²) in [4.78, 5) is 2.29. The molecule has 3 rings (SSSR count). The van der Waals surface area contributed by atoms with Gasteiger partial charge < -0.3 is 15.2 Å². The molecule has 0 amide bonds. The van der Waals surface area contributed by atoms with E-state index in [1.165, 1.54) is 0 Å². The highest BCUT2D eigenvalue weighted by atomic mass is 35.5. The van der Waals surface area contributed by atoms with Crippen LogP contribution in [-0.2, 0) is 6.54 Å². The van der Waals surface area contributed by atoms with E-state index in [0.29, 0.717) is 17.3 Å². The zero-order valence-electron chi connectivity index (χ0n) is 13.7. The number of benzene rings is 3. The molecular weight excluding hydrogens is 354 g/mol. The molecule has 3 aromatic rings. The van der Waals surface area contributed by atoms with Crippen LogP contribution in [0.3, 0.4) is 0 Å². The summed E-state index contributed by atoms with van der Waals surface area (Å²) in [6.45, 7) is 0.591. The SMILES string of the molecule is COc1ccc(Sc2ccccc2CNc2cc(Cl)ccc2O)cc1. The molecule has 0 spiro atoms. The van der Waals surface area contributed by atoms with Crippen LogP contribution in [0.15, 0.2) is 76.5 Å². The maximum Gasteiger partial charge on any atom is 0.138 e. The topological polar surface area (TPSA) is 41.5 Å². The van der Waals surface area contributed by atoms with E-state index in [0.717, 1.165) is 21.1 Å². The van der Waals surface area contributed by atoms with Gasteiger partial charge >= 0.3 is 0 Å². The summed E-state index contributed by atoms with van der Waals surface area (Å²) in [7, 11) is 1.66. The molecule has 0 aliphatic rings. The van der Waals surface area contributed by atoms with Crippen LogP contribution in [0.5, 0.6) is 11.5 Å². The number of hydrogen-bond acceptors (Lipinski definition) is 4. The first kappa shape index (κ1) is 17.5. The Kier molecular flexibility index (Phi) is 5.74. The molecule has 0 bridgehead atoms. The number of methoxy groups -OCH3 is 1. The number of rotatable bonds is 6. The van der Waals surface area contributed by atoms with Gasteiger partial charge in [-0.2, -0.15) is 0 Å². The molecule has 0 atom stereocenters. The zero-order valence-corrected chi connectivity index (χ0v) is 15.3. The predicted molar refractivity (Wildman–Crippen MR) is 104 cm³/mol. The Bertz CT molecular complexity index is 853. The Labute approximate surface area is 156 Å². The number of phenolic OH excluding ortho intramolecular Hbond substituents is 1. The second-order valence-electron chi connectivity index (χ2n) is 5.40. The molecule has 0 fully saturated rings. The standard InChI is InChI=1S/C20H18ClNO2S/c1-24-16-7-9-17(10-8-16)25-20-5-3-2-4-14(20)13-22-18-12-15(21)6-11-19(18)23/h2-12,22-23H,13H2,1H3. The lowest BCUT2D eigenvalue weighted by Gasteiger charge is -2.12. The maximum absolute atomic E-state index is 9.93. The van der Waals surface area contributed by atoms with Gasteiger partial charge in [0.05, 0.1) is 12.8 Å². The van der Waals surface area contributed by atoms with Crippen molar-refractivity contribution in [2.45, 2.75) is 16.3 Å². The second kappa shape index (κ2) is 8.19. The quantitative estimate of drug-likeness (QED) is 0.536. The molecule has 0 aromatic heterocycles. The Morgan fingerprint density at radius 3 is 2.56 bits per heavy atom. The lowest BCUT2D eigenvalue weighted by atomic mass is 10.2. The number of halogens is 1. The predicted octanol–water partition coefficient (Wildman–Crippen LogP) is 5.82. The molecular formula is C20H18ClNO2S. The van der Waals surface area contributed by atoms with E-state index >= 15 is 0 Å². The summed E-state index contributed by atoms with van der Waals surface area (Å²) in [6, 6.07) is 21.1. The molecule has 0 radical (unpaired) electrons. The number of hydrogen-bond donors (Lipinski definition) is 2. The van der Waals surface area contributed by atoms with Crippen LogP contribution in [-0.4, -0.2) is 12.2 Å². The molecule has 3 aromatic carbocycles. The van der Waals surface area contributed by atoms with Gasteiger partial charge in [-0.3, -0.25) is 0 Å². The minimum atomic E-state index is 0.185. The molecule has 0 aliphatic heterocycles. The van der Waals surface area contributed by atoms with Gasteiger partial charge in [0.25, 0.3) is 0 Å². The van der Waals surface area contributed by atoms with Crippen molar-refractivity contribution in [3.63, 3.8) is 0 Å². The van der Waals surface area contributed by atoms with Crippen LogP contribution in [0.2, 0.25) is 5.02 Å². The van der Waals surface area contributed by atoms with E-state index in [4.69, 9.17) is 16.3 Å². The lowest BCUT2D eigenvalue weighted by Crippen LogP contribution is -2.01. The zero-order chi connectivity index (χ0) is 17.6. The molecule has 128 valence electrons. The molecule has 3 nitrogen and oxygen atoms in total. The number of phenols is 1. The summed E-state index contributed by atoms with van der Waals surface area (Å²) < 4.78 is 5.20. The number of nitrogens with one attached hydrogen (secondary N) is 1. The van der Waals surface area contributed by atoms with Crippen LogP contribution >= 0.6 is 23.4 Å². The third-order valence-corrected chi connectivity index (χ3v) is 5.05. The van der Waals surface area contributed by atoms with Crippen molar-refractivity contribution in [1.82, 2.24) is 0 Å². The largest absolute Gasteiger partial charge is 0.506 e. The smallest absolute Gasteiger partial charge is 0.138 e. The second-order valence-corrected chi connectivity index (χ2v) is 6.95. The van der Waals surface area contributed by atoms with Crippen LogP contribution in [0, 0.1) is 0 Å². The fourth-order valence-electron chi connectivity index (χ4n) is 2.36. The summed E-state index contributed by atoms with van der Waals surface area (Å²) in [5.41, 5.74) is 1.76. The average Bonchev–Trinajstić information content (AvgIpc) is 2.64. The number of aromatic hydroxyl groups is 1. The monoisotopic (exact) mass is 371 g/mol. The van der Waals surface area contributed by atoms with E-state index in [9.17, 15) is 5.11 Å². The number of ether oxygens (including phenoxy) is 1. The highest BCUT2D eigenvalue weighted by Crippen LogP contribution is 2.33. The van der Waals surface area contributed by atoms with Gasteiger partial charge in [-0.15, -0.1) is 0 Å². The molecule has 5 heteroatoms. The summed E-state index contributed by atoms with van der Waals surface area (Å²) >= 11 is 7.69. The van der Waals surface area contributed by atoms with Crippen molar-refractivity contribution >= 4 is 29.1 Å². The highest BCUT2D eigenvalue weighted by molar-refractivity contribution is 7.99. The maximum atomic E-state index is 9.93. The lowest BCUT2D eigenvalue weighted by molar-refractivity contribution is 0.414. The van der Waals surface area contributed by atoms with Gasteiger partial charge in [-0.25, -0.2) is 0 Å². The average molecular weight is 372 g/mol. The van der Waals surface area contributed by atoms with Crippen molar-refractivity contribution in [3.8, 4) is 11.5 Å². The number of anilines is 1. The van der Waals surface area contributed by atoms with Crippen LogP contribution in [0.1, 0.15) is 5.56 Å². The normalized spacial score (nSPS) is 10.5. The van der Waals surface area contributed by atoms with Crippen molar-refractivity contribution < 1.29 is 9.84 Å². The molecule has 2 N–H and O–H groups in total. The Balaban J connectivity index is 1.75. The molecule has 0 aliphatic carbocycles. The van der Waals surface area contributed by atoms with E-state index in [-0.39, 0.29) is 5.75 Å². The van der Waals surface area contributed by atoms with Crippen molar-refractivity contribution in [1.29, 1.82) is 0 Å². The summed E-state index contributed by atoms with van der Waals surface area (Å²) in [5, 5.41) is 13.8. The fourth-order valence-corrected chi connectivity index (χ4v) is 3.48. The molecule has 0 saturated carbocycles. The fraction of sp³-hybridized carbons (Fsp3) is 0.100. The van der Waals surface area contributed by atoms with Gasteiger partial charge in [-0.1, -0.05) is 41.6 Å². The first-order valence-electron chi connectivity index (χ1n) is 7.78. The van der Waals surface area contributed by atoms with Crippen LogP contribution in [0.25, 0.3) is 0 Å². The van der Waals surface area contributed by atoms with E-state index in [1.807, 2.05) is 36.4 Å². The van der Waals surface area contributed by atoms with Gasteiger partial charge in [-0.05, 0) is 54.1 Å². The van der Waals surface area contributed by atoms with Crippen LogP contribution in [0.4, 0.5) is 5.69 Å². The minimum absolute atomic E-state index is 0.185. The first-order valence-corrected chi connectivity index (χ1v) is 8.97. The van der Waals surface area contributed by atoms with Gasteiger partial charge in [0, 0.05) is 21.4 Å². The molecule has 0 heterocycles. The Hall–Kier alpha value is -2.30. The summed E-state index contributed by atoms with van der Waals surface area (Å²) in [5.74, 6) is 1.03. The van der Waals surface area contributed by atoms with Gasteiger partial charge in [0.15, 0.2) is 0 Å². The van der Waals surface area contributed by atoms with Crippen molar-refractivity contribution in [3.05, 3.63) is 77.3 Å². The third-order valence-electron chi connectivity index (χ3n) is 3.69. The van der Waals surface area contributed by atoms with Crippen molar-refractivity contribution in [2.75, 3.05) is 12.4 Å². The molecule has 25 heavy (non-hydrogen) atoms. The minimum Gasteiger partial charge on any atom is -0.506 e. The third kappa shape index (κ3) is 4.62. The summed E-state index contributed by atoms with van der Waals surface area (Å²) in [6.07, 6.45) is 0. The Morgan fingerprint density at radius 2 is 1.80 bits per heavy atom. The van der Waals surface area contributed by atoms with Crippen molar-refractivity contribution in [2.24, 2.45) is 0 Å². The molecule has 0 saturated heterocycles. The van der Waals surface area contributed by atoms with Gasteiger partial charge in [0.2, 0.25) is 0 Å². The highest BCUT2D eigenvalue weighted by Gasteiger charge is 2.07. The van der Waals surface area contributed by atoms with E-state index in [2.05, 4.69) is 17.4 Å². The first-order chi connectivity index (χ1) is 12.2.